The first-order chi connectivity index (χ1) is 13.6. The zero-order valence-corrected chi connectivity index (χ0v) is 15.5. The van der Waals surface area contributed by atoms with Gasteiger partial charge in [0.15, 0.2) is 5.76 Å². The highest BCUT2D eigenvalue weighted by Gasteiger charge is 2.21. The van der Waals surface area contributed by atoms with E-state index in [0.29, 0.717) is 41.3 Å². The number of benzene rings is 2. The van der Waals surface area contributed by atoms with Crippen LogP contribution >= 0.6 is 0 Å². The summed E-state index contributed by atoms with van der Waals surface area (Å²) in [5.74, 6) is 0.545. The molecule has 0 radical (unpaired) electrons. The Hall–Kier alpha value is -3.54. The quantitative estimate of drug-likeness (QED) is 0.361. The molecule has 6 nitrogen and oxygen atoms in total. The van der Waals surface area contributed by atoms with Crippen LogP contribution in [0.1, 0.15) is 30.0 Å². The molecule has 6 heteroatoms. The van der Waals surface area contributed by atoms with Crippen molar-refractivity contribution in [2.24, 2.45) is 0 Å². The van der Waals surface area contributed by atoms with Crippen LogP contribution in [0, 0.1) is 0 Å². The predicted molar refractivity (Wildman–Crippen MR) is 104 cm³/mol. The van der Waals surface area contributed by atoms with E-state index < -0.39 is 11.4 Å². The van der Waals surface area contributed by atoms with Crippen LogP contribution in [0.15, 0.2) is 62.2 Å². The minimum Gasteiger partial charge on any atom is -0.494 e. The summed E-state index contributed by atoms with van der Waals surface area (Å²) in [6.45, 7) is 4.58. The largest absolute Gasteiger partial charge is 0.494 e. The molecular formula is C22H18O6. The van der Waals surface area contributed by atoms with Crippen molar-refractivity contribution in [2.45, 2.75) is 13.8 Å². The molecule has 2 aromatic heterocycles. The molecule has 4 aromatic rings. The number of para-hydroxylation sites is 1. The maximum absolute atomic E-state index is 12.9. The van der Waals surface area contributed by atoms with Gasteiger partial charge in [-0.3, -0.25) is 4.79 Å². The van der Waals surface area contributed by atoms with Gasteiger partial charge in [-0.25, -0.2) is 4.79 Å². The smallest absolute Gasteiger partial charge is 0.347 e. The summed E-state index contributed by atoms with van der Waals surface area (Å²) in [4.78, 5) is 25.4. The Morgan fingerprint density at radius 1 is 0.929 bits per heavy atom. The Balaban J connectivity index is 1.85. The topological polar surface area (TPSA) is 78.9 Å². The maximum atomic E-state index is 12.9. The summed E-state index contributed by atoms with van der Waals surface area (Å²) in [7, 11) is 0. The number of carbonyl (C=O) groups excluding carboxylic acids is 1. The Morgan fingerprint density at radius 3 is 2.46 bits per heavy atom. The van der Waals surface area contributed by atoms with Crippen molar-refractivity contribution >= 4 is 27.7 Å². The van der Waals surface area contributed by atoms with Crippen LogP contribution in [-0.4, -0.2) is 19.0 Å². The van der Waals surface area contributed by atoms with Gasteiger partial charge in [-0.05, 0) is 32.0 Å². The normalized spacial score (nSPS) is 11.1. The SMILES string of the molecule is CCOc1cc(OCC)c2cc(C(=O)c3cc4ccccc4o3)c(=O)oc2c1. The van der Waals surface area contributed by atoms with Crippen LogP contribution in [0.3, 0.4) is 0 Å². The van der Waals surface area contributed by atoms with Crippen molar-refractivity contribution in [3.63, 3.8) is 0 Å². The van der Waals surface area contributed by atoms with E-state index in [2.05, 4.69) is 0 Å². The van der Waals surface area contributed by atoms with E-state index in [-0.39, 0.29) is 11.3 Å². The van der Waals surface area contributed by atoms with Crippen LogP contribution in [0.5, 0.6) is 11.5 Å². The van der Waals surface area contributed by atoms with Gasteiger partial charge in [0, 0.05) is 17.5 Å². The van der Waals surface area contributed by atoms with E-state index in [1.54, 1.807) is 24.3 Å². The average Bonchev–Trinajstić information content (AvgIpc) is 3.12. The van der Waals surface area contributed by atoms with Crippen molar-refractivity contribution in [1.82, 2.24) is 0 Å². The highest BCUT2D eigenvalue weighted by Crippen LogP contribution is 2.32. The minimum absolute atomic E-state index is 0.0803. The number of hydrogen-bond acceptors (Lipinski definition) is 6. The molecule has 0 spiro atoms. The van der Waals surface area contributed by atoms with Crippen molar-refractivity contribution in [1.29, 1.82) is 0 Å². The number of carbonyl (C=O) groups is 1. The third kappa shape index (κ3) is 3.13. The van der Waals surface area contributed by atoms with Crippen LogP contribution in [0.2, 0.25) is 0 Å². The molecule has 0 bridgehead atoms. The molecule has 0 saturated heterocycles. The molecule has 28 heavy (non-hydrogen) atoms. The zero-order valence-electron chi connectivity index (χ0n) is 15.5. The molecule has 4 rings (SSSR count). The number of rotatable bonds is 6. The molecule has 2 aromatic carbocycles. The number of furan rings is 1. The Labute approximate surface area is 160 Å². The maximum Gasteiger partial charge on any atom is 0.347 e. The van der Waals surface area contributed by atoms with Gasteiger partial charge in [0.1, 0.15) is 28.2 Å². The zero-order chi connectivity index (χ0) is 19.7. The van der Waals surface area contributed by atoms with Gasteiger partial charge in [0.2, 0.25) is 5.78 Å². The van der Waals surface area contributed by atoms with E-state index >= 15 is 0 Å². The molecule has 0 atom stereocenters. The summed E-state index contributed by atoms with van der Waals surface area (Å²) in [5.41, 5.74) is 0.0127. The molecule has 2 heterocycles. The Morgan fingerprint density at radius 2 is 1.71 bits per heavy atom. The Kier molecular flexibility index (Phi) is 4.61. The van der Waals surface area contributed by atoms with Gasteiger partial charge in [-0.1, -0.05) is 18.2 Å². The first kappa shape index (κ1) is 17.9. The second-order valence-electron chi connectivity index (χ2n) is 6.12. The summed E-state index contributed by atoms with van der Waals surface area (Å²) < 4.78 is 22.2. The molecule has 0 unspecified atom stereocenters. The van der Waals surface area contributed by atoms with Gasteiger partial charge in [-0.2, -0.15) is 0 Å². The second-order valence-corrected chi connectivity index (χ2v) is 6.12. The van der Waals surface area contributed by atoms with Crippen LogP contribution in [-0.2, 0) is 0 Å². The lowest BCUT2D eigenvalue weighted by molar-refractivity contribution is 0.101. The van der Waals surface area contributed by atoms with Gasteiger partial charge in [0.25, 0.3) is 0 Å². The number of hydrogen-bond donors (Lipinski definition) is 0. The molecule has 0 N–H and O–H groups in total. The fourth-order valence-corrected chi connectivity index (χ4v) is 3.07. The van der Waals surface area contributed by atoms with Crippen molar-refractivity contribution in [3.05, 3.63) is 70.3 Å². The molecule has 142 valence electrons. The number of fused-ring (bicyclic) bond motifs is 2. The van der Waals surface area contributed by atoms with Crippen molar-refractivity contribution in [2.75, 3.05) is 13.2 Å². The van der Waals surface area contributed by atoms with E-state index in [1.165, 1.54) is 6.07 Å². The standard InChI is InChI=1S/C22H18O6/c1-3-25-14-10-18(26-4-2)15-12-16(22(24)28-19(15)11-14)21(23)20-9-13-7-5-6-8-17(13)27-20/h5-12H,3-4H2,1-2H3. The molecule has 0 aliphatic carbocycles. The fraction of sp³-hybridized carbons (Fsp3) is 0.182. The summed E-state index contributed by atoms with van der Waals surface area (Å²) in [6.07, 6.45) is 0. The summed E-state index contributed by atoms with van der Waals surface area (Å²) in [6, 6.07) is 13.7. The highest BCUT2D eigenvalue weighted by molar-refractivity contribution is 6.10. The van der Waals surface area contributed by atoms with Crippen molar-refractivity contribution < 1.29 is 23.1 Å². The molecule has 0 aliphatic rings. The van der Waals surface area contributed by atoms with Crippen LogP contribution in [0.25, 0.3) is 21.9 Å². The van der Waals surface area contributed by atoms with Crippen molar-refractivity contribution in [3.8, 4) is 11.5 Å². The lowest BCUT2D eigenvalue weighted by Gasteiger charge is -2.11. The lowest BCUT2D eigenvalue weighted by Crippen LogP contribution is -2.14. The van der Waals surface area contributed by atoms with E-state index in [9.17, 15) is 9.59 Å². The number of ketones is 1. The fourth-order valence-electron chi connectivity index (χ4n) is 3.07. The molecule has 0 fully saturated rings. The van der Waals surface area contributed by atoms with E-state index in [4.69, 9.17) is 18.3 Å². The molecule has 0 saturated carbocycles. The molecule has 0 amide bonds. The first-order valence-electron chi connectivity index (χ1n) is 9.01. The van der Waals surface area contributed by atoms with Crippen LogP contribution < -0.4 is 15.1 Å². The summed E-state index contributed by atoms with van der Waals surface area (Å²) >= 11 is 0. The number of ether oxygens (including phenoxy) is 2. The monoisotopic (exact) mass is 378 g/mol. The Bertz CT molecular complexity index is 1200. The molecule has 0 aliphatic heterocycles. The van der Waals surface area contributed by atoms with Gasteiger partial charge < -0.3 is 18.3 Å². The predicted octanol–water partition coefficient (Wildman–Crippen LogP) is 4.57. The summed E-state index contributed by atoms with van der Waals surface area (Å²) in [5, 5.41) is 1.30. The van der Waals surface area contributed by atoms with Gasteiger partial charge in [0.05, 0.1) is 18.6 Å². The van der Waals surface area contributed by atoms with E-state index in [1.807, 2.05) is 32.0 Å². The average molecular weight is 378 g/mol. The third-order valence-corrected chi connectivity index (χ3v) is 4.29. The third-order valence-electron chi connectivity index (χ3n) is 4.29. The minimum atomic E-state index is -0.742. The van der Waals surface area contributed by atoms with E-state index in [0.717, 1.165) is 5.39 Å². The first-order valence-corrected chi connectivity index (χ1v) is 9.01. The van der Waals surface area contributed by atoms with Crippen LogP contribution in [0.4, 0.5) is 0 Å². The highest BCUT2D eigenvalue weighted by atomic mass is 16.5. The molecular weight excluding hydrogens is 360 g/mol. The van der Waals surface area contributed by atoms with Gasteiger partial charge >= 0.3 is 5.63 Å². The second kappa shape index (κ2) is 7.23. The lowest BCUT2D eigenvalue weighted by atomic mass is 10.1. The van der Waals surface area contributed by atoms with Gasteiger partial charge in [-0.15, -0.1) is 0 Å².